The molecule has 65 heavy (non-hydrogen) atoms. The van der Waals surface area contributed by atoms with Crippen LogP contribution < -0.4 is 30.7 Å². The van der Waals surface area contributed by atoms with Crippen LogP contribution in [-0.2, 0) is 37.9 Å². The van der Waals surface area contributed by atoms with Crippen molar-refractivity contribution in [1.82, 2.24) is 0 Å². The fourth-order valence-electron chi connectivity index (χ4n) is 13.0. The predicted molar refractivity (Wildman–Crippen MR) is 291 cm³/mol. The van der Waals surface area contributed by atoms with Crippen molar-refractivity contribution in [1.29, 1.82) is 0 Å². The largest absolute Gasteiger partial charge is 0.311 e. The second kappa shape index (κ2) is 13.8. The third-order valence-corrected chi connectivity index (χ3v) is 21.3. The third kappa shape index (κ3) is 6.71. The molecule has 0 spiro atoms. The first-order valence-electron chi connectivity index (χ1n) is 25.3. The van der Waals surface area contributed by atoms with E-state index in [0.29, 0.717) is 0 Å². The molecule has 5 aliphatic rings. The maximum atomic E-state index is 2.85. The monoisotopic (exact) mass is 899 g/mol. The van der Waals surface area contributed by atoms with E-state index >= 15 is 0 Å². The van der Waals surface area contributed by atoms with Gasteiger partial charge in [-0.05, 0) is 175 Å². The average molecular weight is 899 g/mol. The van der Waals surface area contributed by atoms with Crippen molar-refractivity contribution in [3.05, 3.63) is 104 Å². The maximum absolute atomic E-state index is 2.85. The highest BCUT2D eigenvalue weighted by molar-refractivity contribution is 7.29. The van der Waals surface area contributed by atoms with E-state index in [1.807, 2.05) is 0 Å². The Labute approximate surface area is 400 Å². The molecule has 2 nitrogen and oxygen atoms in total. The van der Waals surface area contributed by atoms with Gasteiger partial charge < -0.3 is 9.80 Å². The van der Waals surface area contributed by atoms with Gasteiger partial charge >= 0.3 is 0 Å². The first kappa shape index (κ1) is 45.3. The maximum Gasteiger partial charge on any atom is 0.264 e. The summed E-state index contributed by atoms with van der Waals surface area (Å²) in [5.41, 5.74) is 22.4. The summed E-state index contributed by atoms with van der Waals surface area (Å²) in [7, 11) is -1.89. The van der Waals surface area contributed by atoms with Crippen LogP contribution in [0.25, 0.3) is 0 Å². The molecule has 0 saturated heterocycles. The topological polar surface area (TPSA) is 6.48 Å². The molecule has 0 bridgehead atoms. The van der Waals surface area contributed by atoms with Gasteiger partial charge in [0, 0.05) is 38.1 Å². The number of rotatable bonds is 3. The molecule has 0 unspecified atom stereocenters. The van der Waals surface area contributed by atoms with E-state index in [2.05, 4.69) is 212 Å². The van der Waals surface area contributed by atoms with Gasteiger partial charge in [0.15, 0.2) is 0 Å². The molecule has 5 aromatic rings. The van der Waals surface area contributed by atoms with Crippen LogP contribution in [0.2, 0.25) is 19.6 Å². The number of aryl methyl sites for hydroxylation is 1. The minimum Gasteiger partial charge on any atom is -0.311 e. The fraction of sp³-hybridized carbons (Fsp3) is 0.533. The number of thiophene rings is 1. The Morgan fingerprint density at radius 2 is 1.06 bits per heavy atom. The molecule has 0 atom stereocenters. The zero-order valence-corrected chi connectivity index (χ0v) is 45.7. The lowest BCUT2D eigenvalue weighted by Gasteiger charge is -2.48. The van der Waals surface area contributed by atoms with Gasteiger partial charge in [-0.1, -0.05) is 148 Å². The number of hydrogen-bond acceptors (Lipinski definition) is 3. The van der Waals surface area contributed by atoms with Crippen molar-refractivity contribution in [3.8, 4) is 0 Å². The Hall–Kier alpha value is -3.54. The Morgan fingerprint density at radius 3 is 1.65 bits per heavy atom. The average Bonchev–Trinajstić information content (AvgIpc) is 3.62. The van der Waals surface area contributed by atoms with Gasteiger partial charge in [-0.25, -0.2) is 0 Å². The van der Waals surface area contributed by atoms with Crippen molar-refractivity contribution in [2.24, 2.45) is 0 Å². The number of benzene rings is 4. The molecule has 3 aliphatic carbocycles. The van der Waals surface area contributed by atoms with Crippen LogP contribution in [0.3, 0.4) is 0 Å². The third-order valence-electron chi connectivity index (χ3n) is 17.7. The summed E-state index contributed by atoms with van der Waals surface area (Å²) in [6.07, 6.45) is 7.22. The van der Waals surface area contributed by atoms with Gasteiger partial charge in [-0.15, -0.1) is 0 Å². The van der Waals surface area contributed by atoms with Crippen LogP contribution in [0.5, 0.6) is 0 Å². The Bertz CT molecular complexity index is 2830. The number of fused-ring (bicyclic) bond motifs is 8. The number of nitrogens with zero attached hydrogens (tertiary/aromatic N) is 2. The predicted octanol–water partition coefficient (Wildman–Crippen LogP) is 15.0. The Kier molecular flexibility index (Phi) is 9.61. The van der Waals surface area contributed by atoms with Gasteiger partial charge in [0.05, 0.1) is 13.8 Å². The molecule has 0 amide bonds. The van der Waals surface area contributed by atoms with Crippen LogP contribution in [0.4, 0.5) is 34.1 Å². The lowest BCUT2D eigenvalue weighted by Crippen LogP contribution is -2.61. The SMILES string of the molecule is Cc1cc2c3c(c1)N(c1ccc(C(C)(C)C)cc1[Si](C)(C)C)c1c(sc4c1C(C)(C)CCC4(C)C)B3c1cc3c(cc1N2c1ccc2c(c1)C(C)(C)CCC2(C)C)C(C)(C)CCC3(C)C. The van der Waals surface area contributed by atoms with Gasteiger partial charge in [0.1, 0.15) is 0 Å². The van der Waals surface area contributed by atoms with Crippen LogP contribution in [-0.4, -0.2) is 14.8 Å². The molecule has 3 heterocycles. The molecule has 4 aromatic carbocycles. The first-order chi connectivity index (χ1) is 29.9. The summed E-state index contributed by atoms with van der Waals surface area (Å²) in [4.78, 5) is 7.21. The van der Waals surface area contributed by atoms with Crippen LogP contribution in [0.1, 0.15) is 186 Å². The first-order valence-corrected chi connectivity index (χ1v) is 29.6. The second-order valence-corrected chi connectivity index (χ2v) is 33.7. The van der Waals surface area contributed by atoms with Crippen molar-refractivity contribution < 1.29 is 0 Å². The van der Waals surface area contributed by atoms with E-state index in [9.17, 15) is 0 Å². The molecule has 0 fully saturated rings. The summed E-state index contributed by atoms with van der Waals surface area (Å²) in [6.45, 7) is 47.5. The molecule has 342 valence electrons. The van der Waals surface area contributed by atoms with Crippen molar-refractivity contribution >= 4 is 81.1 Å². The smallest absolute Gasteiger partial charge is 0.264 e. The van der Waals surface area contributed by atoms with Crippen LogP contribution in [0, 0.1) is 6.92 Å². The summed E-state index contributed by atoms with van der Waals surface area (Å²) < 4.78 is 1.55. The quantitative estimate of drug-likeness (QED) is 0.163. The molecule has 0 N–H and O–H groups in total. The molecule has 5 heteroatoms. The highest BCUT2D eigenvalue weighted by Crippen LogP contribution is 2.58. The molecular weight excluding hydrogens is 820 g/mol. The summed E-state index contributed by atoms with van der Waals surface area (Å²) >= 11 is 2.18. The standard InChI is InChI=1S/C60H79BN2SSi/c1-36-30-46-50-47(31-36)63(44-23-20-37(54(2,3)4)32-48(44)65(17,18)19)51-49-52(60(15,16)29-28-59(49,13)14)64-53(51)61(50)43-34-41-42(58(11,12)27-26-57(41,9)10)35-45(43)62(46)38-21-22-39-40(33-38)56(7,8)25-24-55(39,5)6/h20-23,30-35H,24-29H2,1-19H3. The van der Waals surface area contributed by atoms with E-state index in [1.54, 1.807) is 26.0 Å². The van der Waals surface area contributed by atoms with Crippen molar-refractivity contribution in [2.75, 3.05) is 9.80 Å². The lowest BCUT2D eigenvalue weighted by molar-refractivity contribution is 0.332. The lowest BCUT2D eigenvalue weighted by atomic mass is 9.35. The second-order valence-electron chi connectivity index (χ2n) is 27.6. The summed E-state index contributed by atoms with van der Waals surface area (Å²) in [5, 5.41) is 1.56. The highest BCUT2D eigenvalue weighted by atomic mass is 32.1. The normalized spacial score (nSPS) is 21.4. The zero-order valence-electron chi connectivity index (χ0n) is 43.9. The molecular formula is C60H79BN2SSi. The van der Waals surface area contributed by atoms with E-state index < -0.39 is 8.07 Å². The molecule has 1 aromatic heterocycles. The van der Waals surface area contributed by atoms with Gasteiger partial charge in [0.2, 0.25) is 0 Å². The number of hydrogen-bond donors (Lipinski definition) is 0. The Balaban J connectivity index is 1.37. The van der Waals surface area contributed by atoms with E-state index in [4.69, 9.17) is 0 Å². The van der Waals surface area contributed by atoms with E-state index in [0.717, 1.165) is 0 Å². The summed E-state index contributed by atoms with van der Waals surface area (Å²) in [6, 6.07) is 25.9. The number of anilines is 6. The fourth-order valence-corrected chi connectivity index (χ4v) is 16.3. The molecule has 10 rings (SSSR count). The van der Waals surface area contributed by atoms with Crippen molar-refractivity contribution in [2.45, 2.75) is 207 Å². The zero-order chi connectivity index (χ0) is 47.1. The van der Waals surface area contributed by atoms with Gasteiger partial charge in [0.25, 0.3) is 6.71 Å². The minimum absolute atomic E-state index is 0.0388. The molecule has 0 saturated carbocycles. The van der Waals surface area contributed by atoms with Gasteiger partial charge in [-0.3, -0.25) is 0 Å². The summed E-state index contributed by atoms with van der Waals surface area (Å²) in [5.74, 6) is 0. The Morgan fingerprint density at radius 1 is 0.538 bits per heavy atom. The highest BCUT2D eigenvalue weighted by Gasteiger charge is 2.52. The minimum atomic E-state index is -1.89. The van der Waals surface area contributed by atoms with Crippen LogP contribution in [0.15, 0.2) is 60.7 Å². The van der Waals surface area contributed by atoms with Gasteiger partial charge in [-0.2, -0.15) is 11.3 Å². The van der Waals surface area contributed by atoms with E-state index in [1.165, 1.54) is 111 Å². The molecule has 2 aliphatic heterocycles. The van der Waals surface area contributed by atoms with E-state index in [-0.39, 0.29) is 44.6 Å². The van der Waals surface area contributed by atoms with Crippen molar-refractivity contribution in [3.63, 3.8) is 0 Å². The molecule has 0 radical (unpaired) electrons. The van der Waals surface area contributed by atoms with Crippen LogP contribution >= 0.6 is 11.3 Å².